The SMILES string of the molecule is C=C(C)c1ccc(-c2cncc3[nH]c(-c4n[nH]c5ccc(-c6cncc(NC(C)C)c6)cc45)nc23)s1. The van der Waals surface area contributed by atoms with E-state index < -0.39 is 0 Å². The second-order valence-electron chi connectivity index (χ2n) is 9.21. The molecule has 0 spiro atoms. The number of benzene rings is 1. The van der Waals surface area contributed by atoms with Gasteiger partial charge in [-0.1, -0.05) is 12.6 Å². The minimum absolute atomic E-state index is 0.332. The highest BCUT2D eigenvalue weighted by Gasteiger charge is 2.17. The zero-order chi connectivity index (χ0) is 24.8. The lowest BCUT2D eigenvalue weighted by molar-refractivity contribution is 0.898. The average Bonchev–Trinajstić information content (AvgIpc) is 3.60. The Bertz CT molecular complexity index is 1740. The van der Waals surface area contributed by atoms with Crippen molar-refractivity contribution >= 4 is 44.5 Å². The van der Waals surface area contributed by atoms with Gasteiger partial charge in [-0.15, -0.1) is 11.3 Å². The number of aromatic nitrogens is 6. The number of thiophene rings is 1. The molecule has 6 rings (SSSR count). The maximum atomic E-state index is 4.97. The molecule has 0 amide bonds. The summed E-state index contributed by atoms with van der Waals surface area (Å²) in [6.07, 6.45) is 7.40. The number of hydrogen-bond donors (Lipinski definition) is 3. The molecule has 0 atom stereocenters. The molecule has 0 saturated carbocycles. The second-order valence-corrected chi connectivity index (χ2v) is 10.3. The highest BCUT2D eigenvalue weighted by atomic mass is 32.1. The molecule has 1 aromatic carbocycles. The third kappa shape index (κ3) is 3.95. The molecule has 0 aliphatic carbocycles. The molecule has 0 radical (unpaired) electrons. The van der Waals surface area contributed by atoms with Gasteiger partial charge in [-0.25, -0.2) is 4.98 Å². The molecule has 0 unspecified atom stereocenters. The molecule has 5 heterocycles. The standard InChI is InChI=1S/C28H25N7S/c1-15(2)24-7-8-25(36-24)21-13-30-14-23-26(21)33-28(32-23)27-20-10-17(5-6-22(20)34-35-27)18-9-19(12-29-11-18)31-16(3)4/h5-14,16,31H,1H2,2-4H3,(H,32,33)(H,34,35). The molecule has 0 saturated heterocycles. The summed E-state index contributed by atoms with van der Waals surface area (Å²) in [5.41, 5.74) is 8.61. The minimum Gasteiger partial charge on any atom is -0.382 e. The van der Waals surface area contributed by atoms with Crippen LogP contribution in [0, 0.1) is 0 Å². The van der Waals surface area contributed by atoms with E-state index in [1.54, 1.807) is 11.3 Å². The minimum atomic E-state index is 0.332. The summed E-state index contributed by atoms with van der Waals surface area (Å²) in [4.78, 5) is 19.5. The van der Waals surface area contributed by atoms with Crippen molar-refractivity contribution in [1.29, 1.82) is 0 Å². The molecular formula is C28H25N7S. The van der Waals surface area contributed by atoms with Crippen molar-refractivity contribution in [3.63, 3.8) is 0 Å². The summed E-state index contributed by atoms with van der Waals surface area (Å²) in [5.74, 6) is 0.702. The van der Waals surface area contributed by atoms with E-state index in [1.807, 2.05) is 37.8 Å². The molecule has 0 fully saturated rings. The fourth-order valence-corrected chi connectivity index (χ4v) is 5.26. The van der Waals surface area contributed by atoms with Crippen LogP contribution >= 0.6 is 11.3 Å². The van der Waals surface area contributed by atoms with Gasteiger partial charge in [-0.3, -0.25) is 15.1 Å². The number of aromatic amines is 2. The molecule has 36 heavy (non-hydrogen) atoms. The Kier molecular flexibility index (Phi) is 5.38. The Morgan fingerprint density at radius 1 is 0.972 bits per heavy atom. The number of pyridine rings is 2. The van der Waals surface area contributed by atoms with Crippen molar-refractivity contribution < 1.29 is 0 Å². The summed E-state index contributed by atoms with van der Waals surface area (Å²) in [7, 11) is 0. The quantitative estimate of drug-likeness (QED) is 0.230. The normalized spacial score (nSPS) is 11.6. The summed E-state index contributed by atoms with van der Waals surface area (Å²) in [6.45, 7) is 10.3. The molecule has 7 nitrogen and oxygen atoms in total. The van der Waals surface area contributed by atoms with Crippen molar-refractivity contribution in [2.75, 3.05) is 5.32 Å². The van der Waals surface area contributed by atoms with Crippen molar-refractivity contribution in [2.24, 2.45) is 0 Å². The van der Waals surface area contributed by atoms with E-state index >= 15 is 0 Å². The van der Waals surface area contributed by atoms with E-state index in [2.05, 4.69) is 81.2 Å². The van der Waals surface area contributed by atoms with E-state index in [4.69, 9.17) is 4.98 Å². The van der Waals surface area contributed by atoms with Gasteiger partial charge in [0.2, 0.25) is 0 Å². The number of fused-ring (bicyclic) bond motifs is 2. The summed E-state index contributed by atoms with van der Waals surface area (Å²) >= 11 is 1.70. The topological polar surface area (TPSA) is 95.2 Å². The predicted octanol–water partition coefficient (Wildman–Crippen LogP) is 7.15. The average molecular weight is 492 g/mol. The van der Waals surface area contributed by atoms with Crippen LogP contribution in [-0.2, 0) is 0 Å². The largest absolute Gasteiger partial charge is 0.382 e. The Morgan fingerprint density at radius 2 is 1.83 bits per heavy atom. The van der Waals surface area contributed by atoms with E-state index in [0.717, 1.165) is 65.3 Å². The first kappa shape index (κ1) is 22.2. The summed E-state index contributed by atoms with van der Waals surface area (Å²) in [6, 6.07) is 12.9. The maximum absolute atomic E-state index is 4.97. The number of imidazole rings is 1. The van der Waals surface area contributed by atoms with Gasteiger partial charge in [-0.05, 0) is 62.2 Å². The van der Waals surface area contributed by atoms with Gasteiger partial charge in [-0.2, -0.15) is 5.10 Å². The molecule has 0 bridgehead atoms. The number of anilines is 1. The molecule has 3 N–H and O–H groups in total. The summed E-state index contributed by atoms with van der Waals surface area (Å²) in [5, 5.41) is 12.2. The van der Waals surface area contributed by atoms with Crippen LogP contribution in [0.3, 0.4) is 0 Å². The smallest absolute Gasteiger partial charge is 0.159 e. The molecule has 0 aliphatic heterocycles. The number of rotatable bonds is 6. The molecule has 6 aromatic rings. The van der Waals surface area contributed by atoms with Gasteiger partial charge in [0.05, 0.1) is 22.9 Å². The van der Waals surface area contributed by atoms with Gasteiger partial charge in [0, 0.05) is 50.9 Å². The van der Waals surface area contributed by atoms with Gasteiger partial charge in [0.15, 0.2) is 5.82 Å². The fraction of sp³-hybridized carbons (Fsp3) is 0.143. The zero-order valence-electron chi connectivity index (χ0n) is 20.3. The number of allylic oxidation sites excluding steroid dienone is 1. The van der Waals surface area contributed by atoms with Gasteiger partial charge in [0.1, 0.15) is 11.2 Å². The third-order valence-electron chi connectivity index (χ3n) is 6.00. The van der Waals surface area contributed by atoms with Crippen LogP contribution in [0.1, 0.15) is 25.6 Å². The van der Waals surface area contributed by atoms with Crippen LogP contribution in [0.5, 0.6) is 0 Å². The van der Waals surface area contributed by atoms with E-state index in [-0.39, 0.29) is 0 Å². The second kappa shape index (κ2) is 8.73. The Labute approximate surface area is 212 Å². The first-order valence-electron chi connectivity index (χ1n) is 11.8. The molecule has 5 aromatic heterocycles. The molecule has 8 heteroatoms. The van der Waals surface area contributed by atoms with Crippen LogP contribution in [-0.4, -0.2) is 36.2 Å². The monoisotopic (exact) mass is 491 g/mol. The van der Waals surface area contributed by atoms with E-state index in [9.17, 15) is 0 Å². The number of nitrogens with one attached hydrogen (secondary N) is 3. The van der Waals surface area contributed by atoms with Crippen LogP contribution < -0.4 is 5.32 Å². The molecule has 0 aliphatic rings. The summed E-state index contributed by atoms with van der Waals surface area (Å²) < 4.78 is 0. The van der Waals surface area contributed by atoms with Crippen LogP contribution in [0.2, 0.25) is 0 Å². The Hall–Kier alpha value is -4.30. The third-order valence-corrected chi connectivity index (χ3v) is 7.28. The van der Waals surface area contributed by atoms with E-state index in [1.165, 1.54) is 0 Å². The lowest BCUT2D eigenvalue weighted by atomic mass is 10.0. The van der Waals surface area contributed by atoms with Gasteiger partial charge in [0.25, 0.3) is 0 Å². The predicted molar refractivity (Wildman–Crippen MR) is 149 cm³/mol. The highest BCUT2D eigenvalue weighted by Crippen LogP contribution is 2.36. The lowest BCUT2D eigenvalue weighted by Crippen LogP contribution is -2.09. The van der Waals surface area contributed by atoms with Crippen LogP contribution in [0.25, 0.3) is 60.6 Å². The van der Waals surface area contributed by atoms with E-state index in [0.29, 0.717) is 11.9 Å². The van der Waals surface area contributed by atoms with Crippen LogP contribution in [0.15, 0.2) is 67.8 Å². The van der Waals surface area contributed by atoms with Crippen molar-refractivity contribution in [3.05, 3.63) is 72.6 Å². The number of H-pyrrole nitrogens is 2. The number of nitrogens with zero attached hydrogens (tertiary/aromatic N) is 4. The maximum Gasteiger partial charge on any atom is 0.159 e. The van der Waals surface area contributed by atoms with Gasteiger partial charge >= 0.3 is 0 Å². The van der Waals surface area contributed by atoms with Gasteiger partial charge < -0.3 is 10.3 Å². The van der Waals surface area contributed by atoms with Crippen molar-refractivity contribution in [1.82, 2.24) is 30.1 Å². The highest BCUT2D eigenvalue weighted by molar-refractivity contribution is 7.16. The van der Waals surface area contributed by atoms with Crippen molar-refractivity contribution in [3.8, 4) is 33.1 Å². The molecular weight excluding hydrogens is 466 g/mol. The first-order chi connectivity index (χ1) is 17.5. The van der Waals surface area contributed by atoms with Crippen LogP contribution in [0.4, 0.5) is 5.69 Å². The fourth-order valence-electron chi connectivity index (χ4n) is 4.32. The lowest BCUT2D eigenvalue weighted by Gasteiger charge is -2.11. The first-order valence-corrected chi connectivity index (χ1v) is 12.6. The zero-order valence-corrected chi connectivity index (χ0v) is 21.1. The Balaban J connectivity index is 1.43. The number of hydrogen-bond acceptors (Lipinski definition) is 6. The van der Waals surface area contributed by atoms with Crippen molar-refractivity contribution in [2.45, 2.75) is 26.8 Å². The Morgan fingerprint density at radius 3 is 2.64 bits per heavy atom. The molecule has 178 valence electrons.